The van der Waals surface area contributed by atoms with Crippen molar-refractivity contribution in [2.24, 2.45) is 5.92 Å². The van der Waals surface area contributed by atoms with Gasteiger partial charge >= 0.3 is 11.4 Å². The van der Waals surface area contributed by atoms with Crippen LogP contribution in [0.25, 0.3) is 11.1 Å². The fourth-order valence-electron chi connectivity index (χ4n) is 6.40. The van der Waals surface area contributed by atoms with Gasteiger partial charge in [0.15, 0.2) is 0 Å². The first-order chi connectivity index (χ1) is 21.3. The Hall–Kier alpha value is -4.37. The van der Waals surface area contributed by atoms with E-state index in [1.165, 1.54) is 25.9 Å². The highest BCUT2D eigenvalue weighted by Crippen LogP contribution is 2.28. The van der Waals surface area contributed by atoms with Gasteiger partial charge in [0.1, 0.15) is 12.4 Å². The number of hydrogen-bond acceptors (Lipinski definition) is 6. The van der Waals surface area contributed by atoms with E-state index in [1.807, 2.05) is 53.4 Å². The number of ether oxygens (including phenoxy) is 1. The van der Waals surface area contributed by atoms with E-state index in [2.05, 4.69) is 41.9 Å². The molecule has 1 amide bonds. The molecule has 9 heteroatoms. The van der Waals surface area contributed by atoms with Crippen molar-refractivity contribution in [1.82, 2.24) is 19.5 Å². The van der Waals surface area contributed by atoms with Gasteiger partial charge in [-0.15, -0.1) is 4.74 Å². The number of amides is 1. The van der Waals surface area contributed by atoms with Crippen molar-refractivity contribution in [2.45, 2.75) is 58.7 Å². The molecule has 2 aliphatic rings. The van der Waals surface area contributed by atoms with Crippen LogP contribution in [0.4, 0.5) is 0 Å². The molecule has 2 saturated heterocycles. The maximum atomic E-state index is 13.4. The van der Waals surface area contributed by atoms with Crippen LogP contribution in [-0.4, -0.2) is 57.7 Å². The minimum atomic E-state index is -0.773. The highest BCUT2D eigenvalue weighted by Gasteiger charge is 2.29. The van der Waals surface area contributed by atoms with Crippen LogP contribution in [0, 0.1) is 12.8 Å². The molecule has 0 bridgehead atoms. The second-order valence-corrected chi connectivity index (χ2v) is 12.3. The third-order valence-corrected chi connectivity index (χ3v) is 9.08. The molecule has 3 heterocycles. The maximum absolute atomic E-state index is 13.4. The quantitative estimate of drug-likeness (QED) is 0.305. The smallest absolute Gasteiger partial charge is 0.440 e. The largest absolute Gasteiger partial charge is 0.489 e. The van der Waals surface area contributed by atoms with Gasteiger partial charge < -0.3 is 19.1 Å². The van der Waals surface area contributed by atoms with Crippen LogP contribution < -0.4 is 16.2 Å². The molecule has 3 aromatic carbocycles. The first kappa shape index (κ1) is 29.7. The zero-order chi connectivity index (χ0) is 30.6. The summed E-state index contributed by atoms with van der Waals surface area (Å²) in [5.41, 5.74) is 5.24. The number of nitrogens with zero attached hydrogens (tertiary/aromatic N) is 3. The molecule has 0 saturated carbocycles. The molecule has 2 aliphatic heterocycles. The van der Waals surface area contributed by atoms with E-state index in [0.29, 0.717) is 18.4 Å². The highest BCUT2D eigenvalue weighted by molar-refractivity contribution is 5.95. The lowest BCUT2D eigenvalue weighted by Crippen LogP contribution is -2.48. The van der Waals surface area contributed by atoms with Crippen molar-refractivity contribution in [3.05, 3.63) is 110 Å². The fourth-order valence-corrected chi connectivity index (χ4v) is 6.40. The van der Waals surface area contributed by atoms with E-state index in [0.717, 1.165) is 70.0 Å². The molecule has 0 atom stereocenters. The number of aromatic nitrogens is 2. The van der Waals surface area contributed by atoms with E-state index in [9.17, 15) is 14.4 Å². The molecule has 0 aliphatic carbocycles. The average Bonchev–Trinajstić information content (AvgIpc) is 3.36. The van der Waals surface area contributed by atoms with Gasteiger partial charge in [-0.25, -0.2) is 14.6 Å². The first-order valence-corrected chi connectivity index (χ1v) is 15.6. The summed E-state index contributed by atoms with van der Waals surface area (Å²) in [5.74, 6) is 0.883. The lowest BCUT2D eigenvalue weighted by Gasteiger charge is -2.41. The van der Waals surface area contributed by atoms with Crippen molar-refractivity contribution in [3.63, 3.8) is 0 Å². The number of piperidine rings is 2. The van der Waals surface area contributed by atoms with Crippen molar-refractivity contribution < 1.29 is 14.1 Å². The zero-order valence-corrected chi connectivity index (χ0v) is 25.5. The lowest BCUT2D eigenvalue weighted by molar-refractivity contribution is 0.0560. The number of nitrogens with one attached hydrogen (secondary N) is 1. The third-order valence-electron chi connectivity index (χ3n) is 9.08. The average molecular weight is 597 g/mol. The van der Waals surface area contributed by atoms with Crippen LogP contribution in [0.1, 0.15) is 59.7 Å². The molecule has 1 aromatic heterocycles. The molecule has 0 radical (unpaired) electrons. The van der Waals surface area contributed by atoms with E-state index < -0.39 is 11.4 Å². The second-order valence-electron chi connectivity index (χ2n) is 12.3. The Morgan fingerprint density at radius 2 is 1.66 bits per heavy atom. The lowest BCUT2D eigenvalue weighted by atomic mass is 9.94. The minimum Gasteiger partial charge on any atom is -0.489 e. The standard InChI is InChI=1S/C35H40N4O5/c1-24-12-16-37(17-13-24)30-14-18-38(19-15-30)33(40)29-8-11-32(25(2)20-29)28-5-3-4-27(21-28)23-43-31-9-6-26(7-10-31)22-39-34(41)36-35(42)44-39/h3-11,20-21,24,30H,12-19,22-23H2,1-2H3,(H,36,41,42). The van der Waals surface area contributed by atoms with Gasteiger partial charge in [0.25, 0.3) is 5.91 Å². The monoisotopic (exact) mass is 596 g/mol. The Bertz CT molecular complexity index is 1700. The van der Waals surface area contributed by atoms with Crippen molar-refractivity contribution >= 4 is 5.91 Å². The van der Waals surface area contributed by atoms with E-state index in [-0.39, 0.29) is 12.5 Å². The van der Waals surface area contributed by atoms with Gasteiger partial charge in [-0.1, -0.05) is 43.3 Å². The Morgan fingerprint density at radius 3 is 2.34 bits per heavy atom. The predicted octanol–water partition coefficient (Wildman–Crippen LogP) is 5.07. The number of carbonyl (C=O) groups excluding carboxylic acids is 1. The van der Waals surface area contributed by atoms with Gasteiger partial charge in [-0.05, 0) is 110 Å². The number of benzene rings is 3. The SMILES string of the molecule is Cc1cc(C(=O)N2CCC(N3CCC(C)CC3)CC2)ccc1-c1cccc(COc2ccc(Cn3oc(=O)[nH]c3=O)cc2)c1. The summed E-state index contributed by atoms with van der Waals surface area (Å²) in [6, 6.07) is 22.2. The van der Waals surface area contributed by atoms with Crippen LogP contribution in [-0.2, 0) is 13.2 Å². The number of rotatable bonds is 8. The van der Waals surface area contributed by atoms with Gasteiger partial charge in [-0.3, -0.25) is 4.79 Å². The molecular weight excluding hydrogens is 556 g/mol. The van der Waals surface area contributed by atoms with Crippen LogP contribution >= 0.6 is 0 Å². The summed E-state index contributed by atoms with van der Waals surface area (Å²) < 4.78 is 11.8. The second kappa shape index (κ2) is 13.1. The maximum Gasteiger partial charge on any atom is 0.440 e. The Kier molecular flexibility index (Phi) is 8.84. The van der Waals surface area contributed by atoms with Crippen LogP contribution in [0.5, 0.6) is 5.75 Å². The minimum absolute atomic E-state index is 0.128. The number of carbonyl (C=O) groups is 1. The Balaban J connectivity index is 1.04. The first-order valence-electron chi connectivity index (χ1n) is 15.6. The molecule has 2 fully saturated rings. The van der Waals surface area contributed by atoms with Crippen LogP contribution in [0.3, 0.4) is 0 Å². The van der Waals surface area contributed by atoms with Gasteiger partial charge in [-0.2, -0.15) is 0 Å². The number of aromatic amines is 1. The van der Waals surface area contributed by atoms with Crippen LogP contribution in [0.15, 0.2) is 80.8 Å². The molecule has 0 unspecified atom stereocenters. The molecule has 1 N–H and O–H groups in total. The topological polar surface area (TPSA) is 101 Å². The number of likely N-dealkylation sites (tertiary alicyclic amines) is 2. The van der Waals surface area contributed by atoms with Crippen LogP contribution in [0.2, 0.25) is 0 Å². The summed E-state index contributed by atoms with van der Waals surface area (Å²) in [4.78, 5) is 43.0. The summed E-state index contributed by atoms with van der Waals surface area (Å²) >= 11 is 0. The zero-order valence-electron chi connectivity index (χ0n) is 25.5. The Morgan fingerprint density at radius 1 is 0.909 bits per heavy atom. The van der Waals surface area contributed by atoms with Crippen molar-refractivity contribution in [1.29, 1.82) is 0 Å². The molecule has 0 spiro atoms. The van der Waals surface area contributed by atoms with Gasteiger partial charge in [0.2, 0.25) is 0 Å². The van der Waals surface area contributed by atoms with Gasteiger partial charge in [0.05, 0.1) is 6.54 Å². The molecule has 44 heavy (non-hydrogen) atoms. The summed E-state index contributed by atoms with van der Waals surface area (Å²) in [7, 11) is 0. The van der Waals surface area contributed by atoms with Crippen molar-refractivity contribution in [2.75, 3.05) is 26.2 Å². The third kappa shape index (κ3) is 6.89. The molecule has 9 nitrogen and oxygen atoms in total. The van der Waals surface area contributed by atoms with E-state index in [4.69, 9.17) is 9.26 Å². The number of aryl methyl sites for hydroxylation is 1. The molecule has 230 valence electrons. The Labute approximate surface area is 257 Å². The van der Waals surface area contributed by atoms with Gasteiger partial charge in [0, 0.05) is 24.7 Å². The van der Waals surface area contributed by atoms with E-state index >= 15 is 0 Å². The summed E-state index contributed by atoms with van der Waals surface area (Å²) in [5, 5.41) is 0. The molecule has 6 rings (SSSR count). The normalized spacial score (nSPS) is 16.7. The highest BCUT2D eigenvalue weighted by atomic mass is 16.5. The fraction of sp³-hybridized carbons (Fsp3) is 0.400. The van der Waals surface area contributed by atoms with E-state index in [1.54, 1.807) is 0 Å². The summed E-state index contributed by atoms with van der Waals surface area (Å²) in [6.07, 6.45) is 4.70. The predicted molar refractivity (Wildman–Crippen MR) is 169 cm³/mol. The summed E-state index contributed by atoms with van der Waals surface area (Å²) in [6.45, 7) is 9.00. The molecular formula is C35H40N4O5. The number of H-pyrrole nitrogens is 1. The number of hydrogen-bond donors (Lipinski definition) is 1. The van der Waals surface area contributed by atoms with Crippen molar-refractivity contribution in [3.8, 4) is 16.9 Å². The molecule has 4 aromatic rings.